The Hall–Kier alpha value is -3.41. The maximum absolute atomic E-state index is 14.0. The van der Waals surface area contributed by atoms with Crippen LogP contribution in [0.25, 0.3) is 0 Å². The number of alkyl carbamates (subject to hydrolysis) is 1. The number of nitrogens with one attached hydrogen (secondary N) is 2. The fraction of sp³-hybridized carbons (Fsp3) is 0.545. The molecule has 11 heteroatoms. The molecule has 0 bridgehead atoms. The van der Waals surface area contributed by atoms with Gasteiger partial charge in [-0.1, -0.05) is 60.7 Å². The van der Waals surface area contributed by atoms with Crippen LogP contribution in [0.2, 0.25) is 0 Å². The van der Waals surface area contributed by atoms with Crippen molar-refractivity contribution < 1.29 is 33.2 Å². The van der Waals surface area contributed by atoms with Gasteiger partial charge in [0.05, 0.1) is 17.1 Å². The minimum atomic E-state index is -0.908. The van der Waals surface area contributed by atoms with Crippen LogP contribution in [0.1, 0.15) is 64.5 Å². The van der Waals surface area contributed by atoms with Crippen molar-refractivity contribution in [2.45, 2.75) is 95.6 Å². The van der Waals surface area contributed by atoms with Gasteiger partial charge in [-0.2, -0.15) is 0 Å². The fourth-order valence-corrected chi connectivity index (χ4v) is 5.52. The van der Waals surface area contributed by atoms with E-state index in [-0.39, 0.29) is 24.8 Å². The van der Waals surface area contributed by atoms with Gasteiger partial charge in [-0.05, 0) is 64.5 Å². The molecule has 238 valence electrons. The average Bonchev–Trinajstić information content (AvgIpc) is 3.57. The van der Waals surface area contributed by atoms with Gasteiger partial charge in [-0.3, -0.25) is 9.59 Å². The van der Waals surface area contributed by atoms with Gasteiger partial charge in [0.25, 0.3) is 0 Å². The van der Waals surface area contributed by atoms with E-state index < -0.39 is 42.4 Å². The second-order valence-electron chi connectivity index (χ2n) is 12.5. The lowest BCUT2D eigenvalue weighted by atomic mass is 9.75. The van der Waals surface area contributed by atoms with E-state index in [1.54, 1.807) is 12.0 Å². The van der Waals surface area contributed by atoms with E-state index in [9.17, 15) is 14.4 Å². The van der Waals surface area contributed by atoms with Crippen LogP contribution in [0.3, 0.4) is 0 Å². The fourth-order valence-electron chi connectivity index (χ4n) is 5.52. The number of carbonyl (C=O) groups is 3. The van der Waals surface area contributed by atoms with E-state index in [2.05, 4.69) is 10.6 Å². The number of carbonyl (C=O) groups excluding carboxylic acids is 3. The zero-order valence-corrected chi connectivity index (χ0v) is 26.5. The summed E-state index contributed by atoms with van der Waals surface area (Å²) in [6.45, 7) is 8.93. The lowest BCUT2D eigenvalue weighted by Gasteiger charge is -2.32. The summed E-state index contributed by atoms with van der Waals surface area (Å²) >= 11 is 0. The molecule has 4 rings (SSSR count). The summed E-state index contributed by atoms with van der Waals surface area (Å²) in [5.41, 5.74) is 0.617. The smallest absolute Gasteiger partial charge is 0.445 e. The van der Waals surface area contributed by atoms with E-state index in [1.807, 2.05) is 88.4 Å². The lowest BCUT2D eigenvalue weighted by Crippen LogP contribution is -2.57. The molecule has 2 N–H and O–H groups in total. The molecular formula is C33H46BN3O7. The van der Waals surface area contributed by atoms with Gasteiger partial charge in [0.1, 0.15) is 18.7 Å². The first-order valence-corrected chi connectivity index (χ1v) is 15.5. The van der Waals surface area contributed by atoms with Crippen LogP contribution in [-0.2, 0) is 41.4 Å². The first-order valence-electron chi connectivity index (χ1n) is 15.5. The van der Waals surface area contributed by atoms with Gasteiger partial charge in [0.15, 0.2) is 0 Å². The highest BCUT2D eigenvalue weighted by Gasteiger charge is 2.54. The van der Waals surface area contributed by atoms with Crippen molar-refractivity contribution in [3.63, 3.8) is 0 Å². The maximum Gasteiger partial charge on any atom is 0.481 e. The molecule has 2 aliphatic rings. The number of methoxy groups -OCH3 is 1. The molecule has 2 aromatic rings. The van der Waals surface area contributed by atoms with Crippen LogP contribution in [-0.4, -0.2) is 79.4 Å². The number of hydrogen-bond donors (Lipinski definition) is 2. The summed E-state index contributed by atoms with van der Waals surface area (Å²) in [4.78, 5) is 42.2. The number of hydrogen-bond acceptors (Lipinski definition) is 7. The molecule has 0 aromatic heterocycles. The van der Waals surface area contributed by atoms with E-state index in [0.29, 0.717) is 38.8 Å². The number of benzene rings is 2. The summed E-state index contributed by atoms with van der Waals surface area (Å²) in [6.07, 6.45) is 2.05. The van der Waals surface area contributed by atoms with Crippen molar-refractivity contribution in [2.24, 2.45) is 0 Å². The van der Waals surface area contributed by atoms with Crippen molar-refractivity contribution in [2.75, 3.05) is 20.3 Å². The molecule has 44 heavy (non-hydrogen) atoms. The number of ether oxygens (including phenoxy) is 2. The molecule has 3 atom stereocenters. The molecule has 0 radical (unpaired) electrons. The number of rotatable bonds is 13. The molecule has 2 heterocycles. The summed E-state index contributed by atoms with van der Waals surface area (Å²) < 4.78 is 23.2. The summed E-state index contributed by atoms with van der Waals surface area (Å²) in [6, 6.07) is 17.2. The van der Waals surface area contributed by atoms with E-state index in [4.69, 9.17) is 18.8 Å². The largest absolute Gasteiger partial charge is 0.481 e. The van der Waals surface area contributed by atoms with Crippen LogP contribution in [0.15, 0.2) is 60.7 Å². The summed E-state index contributed by atoms with van der Waals surface area (Å²) in [7, 11) is 1.00. The van der Waals surface area contributed by atoms with Crippen molar-refractivity contribution in [3.05, 3.63) is 71.8 Å². The summed E-state index contributed by atoms with van der Waals surface area (Å²) in [5.74, 6) is -1.02. The predicted molar refractivity (Wildman–Crippen MR) is 168 cm³/mol. The third kappa shape index (κ3) is 8.61. The lowest BCUT2D eigenvalue weighted by molar-refractivity contribution is -0.140. The van der Waals surface area contributed by atoms with Gasteiger partial charge in [-0.25, -0.2) is 4.79 Å². The Labute approximate surface area is 261 Å². The molecule has 2 unspecified atom stereocenters. The molecule has 2 aromatic carbocycles. The molecule has 2 fully saturated rings. The Kier molecular flexibility index (Phi) is 11.5. The molecule has 10 nitrogen and oxygen atoms in total. The molecule has 0 spiro atoms. The van der Waals surface area contributed by atoms with E-state index in [1.165, 1.54) is 0 Å². The first kappa shape index (κ1) is 33.5. The zero-order valence-electron chi connectivity index (χ0n) is 26.5. The van der Waals surface area contributed by atoms with Gasteiger partial charge in [-0.15, -0.1) is 0 Å². The monoisotopic (exact) mass is 607 g/mol. The number of amides is 3. The quantitative estimate of drug-likeness (QED) is 0.261. The zero-order chi connectivity index (χ0) is 31.7. The standard InChI is InChI=1S/C33H46BN3O7/c1-32(2)33(3,4)44-34(43-32)28(19-13-21-41-5)36-29(38)27-18-12-20-37(27)30(39)26(22-24-14-8-6-9-15-24)35-31(40)42-23-25-16-10-7-11-17-25/h6-11,14-17,26-28H,12-13,18-23H2,1-5H3,(H,35,40)(H,36,38)/t26-,27?,28?/m0/s1. The van der Waals surface area contributed by atoms with Crippen LogP contribution >= 0.6 is 0 Å². The maximum atomic E-state index is 14.0. The van der Waals surface area contributed by atoms with Gasteiger partial charge in [0.2, 0.25) is 11.8 Å². The van der Waals surface area contributed by atoms with Gasteiger partial charge < -0.3 is 34.3 Å². The molecule has 2 aliphatic heterocycles. The average molecular weight is 608 g/mol. The van der Waals surface area contributed by atoms with Gasteiger partial charge in [0, 0.05) is 26.7 Å². The highest BCUT2D eigenvalue weighted by Crippen LogP contribution is 2.38. The third-order valence-corrected chi connectivity index (χ3v) is 8.72. The Morgan fingerprint density at radius 2 is 1.57 bits per heavy atom. The topological polar surface area (TPSA) is 115 Å². The minimum absolute atomic E-state index is 0.0804. The van der Waals surface area contributed by atoms with Crippen LogP contribution in [0, 0.1) is 0 Å². The minimum Gasteiger partial charge on any atom is -0.445 e. The normalized spacial score (nSPS) is 20.2. The van der Waals surface area contributed by atoms with Crippen LogP contribution in [0.5, 0.6) is 0 Å². The number of likely N-dealkylation sites (tertiary alicyclic amines) is 1. The van der Waals surface area contributed by atoms with E-state index in [0.717, 1.165) is 11.1 Å². The molecule has 3 amide bonds. The van der Waals surface area contributed by atoms with Crippen LogP contribution < -0.4 is 10.6 Å². The predicted octanol–water partition coefficient (Wildman–Crippen LogP) is 4.06. The summed E-state index contributed by atoms with van der Waals surface area (Å²) in [5, 5.41) is 5.91. The first-order chi connectivity index (χ1) is 21.0. The van der Waals surface area contributed by atoms with E-state index >= 15 is 0 Å². The van der Waals surface area contributed by atoms with Crippen molar-refractivity contribution in [1.82, 2.24) is 15.5 Å². The van der Waals surface area contributed by atoms with Crippen molar-refractivity contribution >= 4 is 25.0 Å². The number of nitrogens with zero attached hydrogens (tertiary/aromatic N) is 1. The van der Waals surface area contributed by atoms with Crippen LogP contribution in [0.4, 0.5) is 4.79 Å². The second-order valence-corrected chi connectivity index (χ2v) is 12.5. The van der Waals surface area contributed by atoms with Crippen molar-refractivity contribution in [3.8, 4) is 0 Å². The SMILES string of the molecule is COCCCC(NC(=O)C1CCCN1C(=O)[C@H](Cc1ccccc1)NC(=O)OCc1ccccc1)B1OC(C)(C)C(C)(C)O1. The Bertz CT molecular complexity index is 1230. The van der Waals surface area contributed by atoms with Gasteiger partial charge >= 0.3 is 13.2 Å². The molecule has 2 saturated heterocycles. The highest BCUT2D eigenvalue weighted by molar-refractivity contribution is 6.48. The Morgan fingerprint density at radius 1 is 0.955 bits per heavy atom. The molecule has 0 saturated carbocycles. The Balaban J connectivity index is 1.46. The highest BCUT2D eigenvalue weighted by atomic mass is 16.7. The third-order valence-electron chi connectivity index (χ3n) is 8.72. The second kappa shape index (κ2) is 15.1. The molecule has 0 aliphatic carbocycles. The van der Waals surface area contributed by atoms with Crippen molar-refractivity contribution in [1.29, 1.82) is 0 Å². The molecular weight excluding hydrogens is 561 g/mol. The Morgan fingerprint density at radius 3 is 2.18 bits per heavy atom.